The molecule has 20 heavy (non-hydrogen) atoms. The van der Waals surface area contributed by atoms with E-state index >= 15 is 0 Å². The molecule has 0 bridgehead atoms. The van der Waals surface area contributed by atoms with Gasteiger partial charge in [0.2, 0.25) is 0 Å². The highest BCUT2D eigenvalue weighted by Crippen LogP contribution is 2.04. The van der Waals surface area contributed by atoms with E-state index in [0.29, 0.717) is 32.8 Å². The summed E-state index contributed by atoms with van der Waals surface area (Å²) in [4.78, 5) is 0. The van der Waals surface area contributed by atoms with Crippen molar-refractivity contribution in [2.45, 2.75) is 18.6 Å². The molecule has 0 amide bonds. The normalized spacial score (nSPS) is 14.2. The number of benzene rings is 1. The summed E-state index contributed by atoms with van der Waals surface area (Å²) in [5.74, 6) is 0. The zero-order valence-electron chi connectivity index (χ0n) is 12.0. The molecule has 114 valence electrons. The number of hydrogen-bond donors (Lipinski definition) is 2. The molecule has 5 nitrogen and oxygen atoms in total. The Morgan fingerprint density at radius 1 is 1.05 bits per heavy atom. The van der Waals surface area contributed by atoms with Gasteiger partial charge in [-0.25, -0.2) is 0 Å². The molecule has 0 aliphatic heterocycles. The Kier molecular flexibility index (Phi) is 9.19. The van der Waals surface area contributed by atoms with Crippen LogP contribution in [0, 0.1) is 0 Å². The molecule has 0 saturated heterocycles. The predicted octanol–water partition coefficient (Wildman–Crippen LogP) is 0.597. The molecule has 0 aromatic heterocycles. The van der Waals surface area contributed by atoms with Crippen molar-refractivity contribution in [3.05, 3.63) is 35.9 Å². The van der Waals surface area contributed by atoms with Gasteiger partial charge in [0, 0.05) is 13.2 Å². The zero-order chi connectivity index (χ0) is 14.6. The average Bonchev–Trinajstić information content (AvgIpc) is 2.47. The molecule has 0 spiro atoms. The Morgan fingerprint density at radius 3 is 2.40 bits per heavy atom. The summed E-state index contributed by atoms with van der Waals surface area (Å²) >= 11 is 0. The molecular formula is C15H25NO4. The van der Waals surface area contributed by atoms with Gasteiger partial charge in [0.15, 0.2) is 0 Å². The second-order valence-corrected chi connectivity index (χ2v) is 4.60. The predicted molar refractivity (Wildman–Crippen MR) is 77.6 cm³/mol. The van der Waals surface area contributed by atoms with Crippen LogP contribution < -0.4 is 5.73 Å². The Balaban J connectivity index is 2.08. The van der Waals surface area contributed by atoms with Gasteiger partial charge in [-0.05, 0) is 12.0 Å². The van der Waals surface area contributed by atoms with Gasteiger partial charge < -0.3 is 25.1 Å². The molecule has 1 aromatic carbocycles. The second-order valence-electron chi connectivity index (χ2n) is 4.60. The third-order valence-electron chi connectivity index (χ3n) is 2.90. The first-order valence-electron chi connectivity index (χ1n) is 6.86. The van der Waals surface area contributed by atoms with E-state index in [4.69, 9.17) is 19.9 Å². The summed E-state index contributed by atoms with van der Waals surface area (Å²) in [6.07, 6.45) is -0.0374. The van der Waals surface area contributed by atoms with Gasteiger partial charge in [0.1, 0.15) is 0 Å². The van der Waals surface area contributed by atoms with Crippen LogP contribution >= 0.6 is 0 Å². The number of aliphatic hydroxyl groups excluding tert-OH is 1. The molecule has 0 aliphatic carbocycles. The lowest BCUT2D eigenvalue weighted by molar-refractivity contribution is -0.0115. The summed E-state index contributed by atoms with van der Waals surface area (Å²) in [7, 11) is 1.63. The van der Waals surface area contributed by atoms with Gasteiger partial charge in [0.25, 0.3) is 0 Å². The van der Waals surface area contributed by atoms with Crippen LogP contribution in [0.3, 0.4) is 0 Å². The number of nitrogens with two attached hydrogens (primary N) is 1. The van der Waals surface area contributed by atoms with E-state index in [0.717, 1.165) is 5.56 Å². The highest BCUT2D eigenvalue weighted by Gasteiger charge is 2.15. The highest BCUT2D eigenvalue weighted by molar-refractivity contribution is 5.16. The summed E-state index contributed by atoms with van der Waals surface area (Å²) in [5, 5.41) is 9.91. The minimum atomic E-state index is -0.672. The van der Waals surface area contributed by atoms with Crippen molar-refractivity contribution in [2.24, 2.45) is 5.73 Å². The van der Waals surface area contributed by atoms with E-state index in [2.05, 4.69) is 0 Å². The minimum Gasteiger partial charge on any atom is -0.389 e. The Labute approximate surface area is 120 Å². The fraction of sp³-hybridized carbons (Fsp3) is 0.600. The molecule has 0 saturated carbocycles. The van der Waals surface area contributed by atoms with E-state index in [1.807, 2.05) is 30.3 Å². The minimum absolute atomic E-state index is 0.224. The fourth-order valence-electron chi connectivity index (χ4n) is 1.71. The lowest BCUT2D eigenvalue weighted by Gasteiger charge is -2.19. The molecule has 2 unspecified atom stereocenters. The van der Waals surface area contributed by atoms with Crippen LogP contribution in [0.5, 0.6) is 0 Å². The average molecular weight is 283 g/mol. The number of hydrogen-bond acceptors (Lipinski definition) is 5. The van der Waals surface area contributed by atoms with Crippen LogP contribution in [0.2, 0.25) is 0 Å². The zero-order valence-corrected chi connectivity index (χ0v) is 12.0. The number of ether oxygens (including phenoxy) is 3. The lowest BCUT2D eigenvalue weighted by Crippen LogP contribution is -2.39. The topological polar surface area (TPSA) is 73.9 Å². The van der Waals surface area contributed by atoms with E-state index in [-0.39, 0.29) is 12.6 Å². The molecular weight excluding hydrogens is 258 g/mol. The maximum atomic E-state index is 9.91. The third kappa shape index (κ3) is 7.57. The van der Waals surface area contributed by atoms with Crippen molar-refractivity contribution in [3.8, 4) is 0 Å². The van der Waals surface area contributed by atoms with Crippen molar-refractivity contribution in [1.29, 1.82) is 0 Å². The maximum absolute atomic E-state index is 9.91. The van der Waals surface area contributed by atoms with Crippen molar-refractivity contribution in [1.82, 2.24) is 0 Å². The number of methoxy groups -OCH3 is 1. The summed E-state index contributed by atoms with van der Waals surface area (Å²) in [6, 6.07) is 9.54. The smallest absolute Gasteiger partial charge is 0.0927 e. The van der Waals surface area contributed by atoms with E-state index in [1.165, 1.54) is 0 Å². The molecule has 3 N–H and O–H groups in total. The molecule has 5 heteroatoms. The van der Waals surface area contributed by atoms with Gasteiger partial charge in [-0.3, -0.25) is 0 Å². The van der Waals surface area contributed by atoms with Gasteiger partial charge in [0.05, 0.1) is 39.1 Å². The van der Waals surface area contributed by atoms with Crippen LogP contribution in [-0.4, -0.2) is 57.4 Å². The number of rotatable bonds is 11. The molecule has 1 rings (SSSR count). The van der Waals surface area contributed by atoms with Crippen LogP contribution in [0.1, 0.15) is 5.56 Å². The largest absolute Gasteiger partial charge is 0.389 e. The van der Waals surface area contributed by atoms with Crippen LogP contribution in [0.15, 0.2) is 30.3 Å². The first kappa shape index (κ1) is 17.1. The first-order valence-corrected chi connectivity index (χ1v) is 6.86. The SMILES string of the molecule is COCCOCCOCC(O)C(N)Cc1ccccc1. The van der Waals surface area contributed by atoms with Crippen molar-refractivity contribution in [3.63, 3.8) is 0 Å². The van der Waals surface area contributed by atoms with Gasteiger partial charge in [-0.15, -0.1) is 0 Å². The molecule has 0 heterocycles. The molecule has 0 aliphatic rings. The first-order chi connectivity index (χ1) is 9.74. The molecule has 1 aromatic rings. The summed E-state index contributed by atoms with van der Waals surface area (Å²) < 4.78 is 15.4. The van der Waals surface area contributed by atoms with E-state index in [1.54, 1.807) is 7.11 Å². The summed E-state index contributed by atoms with van der Waals surface area (Å²) in [5.41, 5.74) is 7.06. The second kappa shape index (κ2) is 10.8. The van der Waals surface area contributed by atoms with Crippen molar-refractivity contribution in [2.75, 3.05) is 40.1 Å². The van der Waals surface area contributed by atoms with Crippen LogP contribution in [-0.2, 0) is 20.6 Å². The Bertz CT molecular complexity index is 334. The Hall–Kier alpha value is -0.980. The molecule has 0 radical (unpaired) electrons. The third-order valence-corrected chi connectivity index (χ3v) is 2.90. The molecule has 0 fully saturated rings. The standard InChI is InChI=1S/C15H25NO4/c1-18-7-8-19-9-10-20-12-15(17)14(16)11-13-5-3-2-4-6-13/h2-6,14-15,17H,7-12,16H2,1H3. The van der Waals surface area contributed by atoms with Crippen molar-refractivity contribution >= 4 is 0 Å². The van der Waals surface area contributed by atoms with Crippen molar-refractivity contribution < 1.29 is 19.3 Å². The monoisotopic (exact) mass is 283 g/mol. The molecule has 2 atom stereocenters. The fourth-order valence-corrected chi connectivity index (χ4v) is 1.71. The van der Waals surface area contributed by atoms with Crippen LogP contribution in [0.25, 0.3) is 0 Å². The van der Waals surface area contributed by atoms with E-state index in [9.17, 15) is 5.11 Å². The van der Waals surface area contributed by atoms with Gasteiger partial charge in [-0.2, -0.15) is 0 Å². The van der Waals surface area contributed by atoms with Crippen LogP contribution in [0.4, 0.5) is 0 Å². The quantitative estimate of drug-likeness (QED) is 0.582. The lowest BCUT2D eigenvalue weighted by atomic mass is 10.0. The number of aliphatic hydroxyl groups is 1. The van der Waals surface area contributed by atoms with Gasteiger partial charge >= 0.3 is 0 Å². The van der Waals surface area contributed by atoms with Gasteiger partial charge in [-0.1, -0.05) is 30.3 Å². The summed E-state index contributed by atoms with van der Waals surface area (Å²) in [6.45, 7) is 2.28. The Morgan fingerprint density at radius 2 is 1.70 bits per heavy atom. The van der Waals surface area contributed by atoms with E-state index < -0.39 is 6.10 Å². The maximum Gasteiger partial charge on any atom is 0.0927 e. The highest BCUT2D eigenvalue weighted by atomic mass is 16.5.